The van der Waals surface area contributed by atoms with Gasteiger partial charge in [-0.3, -0.25) is 9.52 Å². The summed E-state index contributed by atoms with van der Waals surface area (Å²) >= 11 is 5.66. The topological polar surface area (TPSA) is 95.5 Å². The third kappa shape index (κ3) is 4.57. The number of nitrogens with one attached hydrogen (secondary N) is 2. The average molecular weight is 359 g/mol. The smallest absolute Gasteiger partial charge is 0.255 e. The lowest BCUT2D eigenvalue weighted by atomic mass is 10.2. The largest absolute Gasteiger partial charge is 0.506 e. The Labute approximate surface area is 137 Å². The summed E-state index contributed by atoms with van der Waals surface area (Å²) in [5.74, 6) is -1.88. The van der Waals surface area contributed by atoms with E-state index in [1.807, 2.05) is 0 Å². The number of hydrogen-bond donors (Lipinski definition) is 3. The number of halogens is 2. The summed E-state index contributed by atoms with van der Waals surface area (Å²) in [6.07, 6.45) is 1.00. The second kappa shape index (κ2) is 6.43. The molecule has 2 rings (SSSR count). The fourth-order valence-electron chi connectivity index (χ4n) is 1.73. The van der Waals surface area contributed by atoms with Gasteiger partial charge in [-0.1, -0.05) is 11.6 Å². The van der Waals surface area contributed by atoms with Gasteiger partial charge in [0.2, 0.25) is 10.0 Å². The van der Waals surface area contributed by atoms with Crippen LogP contribution in [0.25, 0.3) is 0 Å². The first-order chi connectivity index (χ1) is 10.7. The maximum absolute atomic E-state index is 13.6. The van der Waals surface area contributed by atoms with Gasteiger partial charge >= 0.3 is 0 Å². The van der Waals surface area contributed by atoms with Crippen molar-refractivity contribution in [3.63, 3.8) is 0 Å². The molecule has 0 aliphatic rings. The second-order valence-electron chi connectivity index (χ2n) is 4.69. The van der Waals surface area contributed by atoms with Crippen LogP contribution in [-0.2, 0) is 10.0 Å². The Kier molecular flexibility index (Phi) is 4.76. The zero-order valence-electron chi connectivity index (χ0n) is 11.8. The molecule has 0 aliphatic heterocycles. The fourth-order valence-corrected chi connectivity index (χ4v) is 2.46. The highest BCUT2D eigenvalue weighted by atomic mass is 35.5. The first-order valence-corrected chi connectivity index (χ1v) is 8.50. The highest BCUT2D eigenvalue weighted by Crippen LogP contribution is 2.29. The molecule has 0 unspecified atom stereocenters. The number of sulfonamides is 1. The minimum atomic E-state index is -3.41. The summed E-state index contributed by atoms with van der Waals surface area (Å²) in [6, 6.07) is 7.43. The molecule has 0 radical (unpaired) electrons. The summed E-state index contributed by atoms with van der Waals surface area (Å²) in [5, 5.41) is 11.5. The van der Waals surface area contributed by atoms with Gasteiger partial charge in [0.15, 0.2) is 5.82 Å². The van der Waals surface area contributed by atoms with Crippen LogP contribution in [0.5, 0.6) is 5.75 Å². The van der Waals surface area contributed by atoms with Crippen molar-refractivity contribution in [1.82, 2.24) is 0 Å². The number of rotatable bonds is 4. The van der Waals surface area contributed by atoms with E-state index in [9.17, 15) is 22.7 Å². The zero-order valence-corrected chi connectivity index (χ0v) is 13.4. The molecule has 9 heteroatoms. The maximum Gasteiger partial charge on any atom is 0.255 e. The molecule has 2 aromatic carbocycles. The van der Waals surface area contributed by atoms with Crippen molar-refractivity contribution in [3.8, 4) is 5.75 Å². The van der Waals surface area contributed by atoms with Gasteiger partial charge in [0.25, 0.3) is 5.91 Å². The van der Waals surface area contributed by atoms with Crippen LogP contribution >= 0.6 is 11.6 Å². The molecule has 0 heterocycles. The van der Waals surface area contributed by atoms with E-state index < -0.39 is 27.5 Å². The van der Waals surface area contributed by atoms with E-state index in [2.05, 4.69) is 10.0 Å². The SMILES string of the molecule is CS(=O)(=O)Nc1ccc(C(=O)Nc2cc(Cl)c(O)cc2F)cc1. The van der Waals surface area contributed by atoms with E-state index in [4.69, 9.17) is 11.6 Å². The summed E-state index contributed by atoms with van der Waals surface area (Å²) in [4.78, 5) is 12.0. The van der Waals surface area contributed by atoms with Crippen molar-refractivity contribution in [2.45, 2.75) is 0 Å². The number of benzene rings is 2. The first kappa shape index (κ1) is 17.0. The van der Waals surface area contributed by atoms with Gasteiger partial charge in [-0.2, -0.15) is 0 Å². The number of aromatic hydroxyl groups is 1. The Bertz CT molecular complexity index is 854. The lowest BCUT2D eigenvalue weighted by Gasteiger charge is -2.09. The standard InChI is InChI=1S/C14H12ClFN2O4S/c1-23(21,22)18-9-4-2-8(3-5-9)14(20)17-12-6-10(15)13(19)7-11(12)16/h2-7,18-19H,1H3,(H,17,20). The number of anilines is 2. The van der Waals surface area contributed by atoms with Crippen LogP contribution in [0.2, 0.25) is 5.02 Å². The van der Waals surface area contributed by atoms with E-state index >= 15 is 0 Å². The van der Waals surface area contributed by atoms with Gasteiger partial charge in [0.1, 0.15) is 5.75 Å². The fraction of sp³-hybridized carbons (Fsp3) is 0.0714. The van der Waals surface area contributed by atoms with Gasteiger partial charge < -0.3 is 10.4 Å². The maximum atomic E-state index is 13.6. The molecule has 3 N–H and O–H groups in total. The predicted molar refractivity (Wildman–Crippen MR) is 85.9 cm³/mol. The minimum Gasteiger partial charge on any atom is -0.506 e. The molecule has 0 spiro atoms. The summed E-state index contributed by atoms with van der Waals surface area (Å²) in [5.41, 5.74) is 0.298. The molecule has 23 heavy (non-hydrogen) atoms. The highest BCUT2D eigenvalue weighted by Gasteiger charge is 2.12. The molecule has 0 aliphatic carbocycles. The number of carbonyl (C=O) groups is 1. The highest BCUT2D eigenvalue weighted by molar-refractivity contribution is 7.92. The van der Waals surface area contributed by atoms with E-state index in [1.165, 1.54) is 24.3 Å². The Balaban J connectivity index is 2.17. The second-order valence-corrected chi connectivity index (χ2v) is 6.84. The van der Waals surface area contributed by atoms with Crippen LogP contribution in [0.4, 0.5) is 15.8 Å². The molecule has 0 bridgehead atoms. The quantitative estimate of drug-likeness (QED) is 0.732. The Morgan fingerprint density at radius 3 is 2.39 bits per heavy atom. The van der Waals surface area contributed by atoms with E-state index in [0.29, 0.717) is 5.69 Å². The molecule has 6 nitrogen and oxygen atoms in total. The monoisotopic (exact) mass is 358 g/mol. The third-order valence-corrected chi connectivity index (χ3v) is 3.64. The minimum absolute atomic E-state index is 0.102. The molecule has 0 atom stereocenters. The normalized spacial score (nSPS) is 11.1. The number of phenolic OH excluding ortho intramolecular Hbond substituents is 1. The number of phenols is 1. The van der Waals surface area contributed by atoms with Crippen molar-refractivity contribution >= 4 is 38.9 Å². The van der Waals surface area contributed by atoms with Crippen LogP contribution in [0, 0.1) is 5.82 Å². The molecule has 0 saturated heterocycles. The zero-order chi connectivity index (χ0) is 17.2. The molecule has 122 valence electrons. The Morgan fingerprint density at radius 1 is 1.22 bits per heavy atom. The van der Waals surface area contributed by atoms with E-state index in [-0.39, 0.29) is 16.3 Å². The number of hydrogen-bond acceptors (Lipinski definition) is 4. The number of carbonyl (C=O) groups excluding carboxylic acids is 1. The van der Waals surface area contributed by atoms with Crippen LogP contribution < -0.4 is 10.0 Å². The van der Waals surface area contributed by atoms with Crippen molar-refractivity contribution in [3.05, 3.63) is 52.8 Å². The van der Waals surface area contributed by atoms with Crippen LogP contribution in [0.15, 0.2) is 36.4 Å². The van der Waals surface area contributed by atoms with Crippen molar-refractivity contribution in [1.29, 1.82) is 0 Å². The Hall–Kier alpha value is -2.32. The summed E-state index contributed by atoms with van der Waals surface area (Å²) < 4.78 is 38.1. The molecular weight excluding hydrogens is 347 g/mol. The molecule has 2 aromatic rings. The van der Waals surface area contributed by atoms with Gasteiger partial charge in [0.05, 0.1) is 17.0 Å². The van der Waals surface area contributed by atoms with Crippen LogP contribution in [-0.4, -0.2) is 25.7 Å². The third-order valence-electron chi connectivity index (χ3n) is 2.74. The Morgan fingerprint density at radius 2 is 1.83 bits per heavy atom. The van der Waals surface area contributed by atoms with Crippen molar-refractivity contribution < 1.29 is 22.7 Å². The molecular formula is C14H12ClFN2O4S. The van der Waals surface area contributed by atoms with Crippen LogP contribution in [0.1, 0.15) is 10.4 Å². The lowest BCUT2D eigenvalue weighted by Crippen LogP contribution is -2.13. The van der Waals surface area contributed by atoms with Gasteiger partial charge in [0, 0.05) is 17.3 Å². The van der Waals surface area contributed by atoms with Gasteiger partial charge in [-0.05, 0) is 30.3 Å². The average Bonchev–Trinajstić information content (AvgIpc) is 2.43. The molecule has 1 amide bonds. The first-order valence-electron chi connectivity index (χ1n) is 6.23. The molecule has 0 fully saturated rings. The van der Waals surface area contributed by atoms with Gasteiger partial charge in [-0.25, -0.2) is 12.8 Å². The van der Waals surface area contributed by atoms with Crippen molar-refractivity contribution in [2.75, 3.05) is 16.3 Å². The molecule has 0 aromatic heterocycles. The van der Waals surface area contributed by atoms with Gasteiger partial charge in [-0.15, -0.1) is 0 Å². The predicted octanol–water partition coefficient (Wildman–Crippen LogP) is 2.81. The van der Waals surface area contributed by atoms with E-state index in [0.717, 1.165) is 18.4 Å². The number of amides is 1. The summed E-state index contributed by atoms with van der Waals surface area (Å²) in [7, 11) is -3.41. The molecule has 0 saturated carbocycles. The van der Waals surface area contributed by atoms with Crippen LogP contribution in [0.3, 0.4) is 0 Å². The van der Waals surface area contributed by atoms with E-state index in [1.54, 1.807) is 0 Å². The lowest BCUT2D eigenvalue weighted by molar-refractivity contribution is 0.102. The van der Waals surface area contributed by atoms with Crippen molar-refractivity contribution in [2.24, 2.45) is 0 Å². The summed E-state index contributed by atoms with van der Waals surface area (Å²) in [6.45, 7) is 0.